The Morgan fingerprint density at radius 1 is 1.38 bits per heavy atom. The maximum atomic E-state index is 13.9. The molecule has 0 bridgehead atoms. The molecule has 2 aromatic rings. The zero-order valence-electron chi connectivity index (χ0n) is 11.4. The van der Waals surface area contributed by atoms with Crippen molar-refractivity contribution in [3.8, 4) is 0 Å². The van der Waals surface area contributed by atoms with Gasteiger partial charge in [0.05, 0.1) is 18.8 Å². The van der Waals surface area contributed by atoms with E-state index in [1.165, 1.54) is 6.33 Å². The number of hydrogen-bond donors (Lipinski definition) is 0. The molecular formula is C13H15FN6O. The van der Waals surface area contributed by atoms with Crippen molar-refractivity contribution in [3.63, 3.8) is 0 Å². The predicted molar refractivity (Wildman–Crippen MR) is 69.8 cm³/mol. The average molecular weight is 290 g/mol. The fraction of sp³-hybridized carbons (Fsp3) is 0.538. The normalized spacial score (nSPS) is 19.4. The fourth-order valence-corrected chi connectivity index (χ4v) is 2.65. The molecule has 1 amide bonds. The maximum absolute atomic E-state index is 13.9. The van der Waals surface area contributed by atoms with Crippen molar-refractivity contribution < 1.29 is 9.18 Å². The van der Waals surface area contributed by atoms with Crippen molar-refractivity contribution in [2.75, 3.05) is 6.54 Å². The molecule has 21 heavy (non-hydrogen) atoms. The lowest BCUT2D eigenvalue weighted by Gasteiger charge is -2.28. The first kappa shape index (κ1) is 12.5. The molecule has 0 saturated heterocycles. The van der Waals surface area contributed by atoms with Gasteiger partial charge in [-0.1, -0.05) is 0 Å². The van der Waals surface area contributed by atoms with E-state index in [-0.39, 0.29) is 5.91 Å². The summed E-state index contributed by atoms with van der Waals surface area (Å²) in [6.07, 6.45) is 5.78. The molecule has 4 rings (SSSR count). The Kier molecular flexibility index (Phi) is 2.60. The van der Waals surface area contributed by atoms with Gasteiger partial charge in [-0.3, -0.25) is 4.79 Å². The highest BCUT2D eigenvalue weighted by atomic mass is 19.1. The van der Waals surface area contributed by atoms with Gasteiger partial charge in [0, 0.05) is 19.3 Å². The Morgan fingerprint density at radius 2 is 2.24 bits per heavy atom. The van der Waals surface area contributed by atoms with E-state index in [0.717, 1.165) is 11.5 Å². The zero-order valence-corrected chi connectivity index (χ0v) is 11.4. The molecule has 2 aromatic heterocycles. The number of halogens is 1. The number of imidazole rings is 1. The molecule has 110 valence electrons. The van der Waals surface area contributed by atoms with E-state index in [4.69, 9.17) is 0 Å². The summed E-state index contributed by atoms with van der Waals surface area (Å²) in [5.41, 5.74) is -0.732. The Morgan fingerprint density at radius 3 is 2.95 bits per heavy atom. The Labute approximate surface area is 120 Å². The summed E-state index contributed by atoms with van der Waals surface area (Å²) in [5.74, 6) is 0.420. The highest BCUT2D eigenvalue weighted by Crippen LogP contribution is 2.41. The van der Waals surface area contributed by atoms with Crippen LogP contribution in [0.3, 0.4) is 0 Å². The molecule has 7 nitrogen and oxygen atoms in total. The van der Waals surface area contributed by atoms with E-state index in [1.54, 1.807) is 15.9 Å². The molecule has 1 saturated carbocycles. The Balaban J connectivity index is 1.50. The SMILES string of the molecule is O=C(N1CCn2cc(Cn3cncn3)nc2C1)C1(F)CC1. The van der Waals surface area contributed by atoms with Crippen molar-refractivity contribution in [1.82, 2.24) is 29.2 Å². The minimum atomic E-state index is -1.60. The third kappa shape index (κ3) is 2.20. The van der Waals surface area contributed by atoms with Crippen LogP contribution in [0.2, 0.25) is 0 Å². The lowest BCUT2D eigenvalue weighted by molar-refractivity contribution is -0.139. The van der Waals surface area contributed by atoms with E-state index >= 15 is 0 Å². The average Bonchev–Trinajstić information content (AvgIpc) is 2.92. The number of hydrogen-bond acceptors (Lipinski definition) is 4. The second-order valence-electron chi connectivity index (χ2n) is 5.63. The largest absolute Gasteiger partial charge is 0.331 e. The van der Waals surface area contributed by atoms with Gasteiger partial charge in [0.15, 0.2) is 5.67 Å². The second-order valence-corrected chi connectivity index (χ2v) is 5.63. The van der Waals surface area contributed by atoms with Gasteiger partial charge >= 0.3 is 0 Å². The van der Waals surface area contributed by atoms with E-state index in [2.05, 4.69) is 15.1 Å². The number of carbonyl (C=O) groups is 1. The van der Waals surface area contributed by atoms with Crippen LogP contribution in [0.25, 0.3) is 0 Å². The predicted octanol–water partition coefficient (Wildman–Crippen LogP) is 0.367. The van der Waals surface area contributed by atoms with E-state index in [9.17, 15) is 9.18 Å². The molecule has 0 N–H and O–H groups in total. The molecule has 0 unspecified atom stereocenters. The summed E-state index contributed by atoms with van der Waals surface area (Å²) in [5, 5.41) is 4.04. The number of nitrogens with zero attached hydrogens (tertiary/aromatic N) is 6. The number of alkyl halides is 1. The third-order valence-corrected chi connectivity index (χ3v) is 4.00. The molecule has 1 aliphatic carbocycles. The van der Waals surface area contributed by atoms with E-state index in [0.29, 0.717) is 39.0 Å². The highest BCUT2D eigenvalue weighted by Gasteiger charge is 2.53. The topological polar surface area (TPSA) is 68.8 Å². The first-order valence-electron chi connectivity index (χ1n) is 7.00. The number of aromatic nitrogens is 5. The Hall–Kier alpha value is -2.25. The molecule has 8 heteroatoms. The summed E-state index contributed by atoms with van der Waals surface area (Å²) in [6.45, 7) is 2.11. The Bertz CT molecular complexity index is 675. The summed E-state index contributed by atoms with van der Waals surface area (Å²) < 4.78 is 17.6. The first-order valence-corrected chi connectivity index (χ1v) is 7.00. The van der Waals surface area contributed by atoms with E-state index in [1.807, 2.05) is 10.8 Å². The number of amides is 1. The van der Waals surface area contributed by atoms with Gasteiger partial charge in [0.1, 0.15) is 18.5 Å². The summed E-state index contributed by atoms with van der Waals surface area (Å²) in [6, 6.07) is 0. The van der Waals surface area contributed by atoms with Crippen molar-refractivity contribution in [2.45, 2.75) is 38.1 Å². The summed E-state index contributed by atoms with van der Waals surface area (Å²) >= 11 is 0. The van der Waals surface area contributed by atoms with Gasteiger partial charge < -0.3 is 9.47 Å². The number of fused-ring (bicyclic) bond motifs is 1. The van der Waals surface area contributed by atoms with Crippen LogP contribution >= 0.6 is 0 Å². The number of rotatable bonds is 3. The fourth-order valence-electron chi connectivity index (χ4n) is 2.65. The highest BCUT2D eigenvalue weighted by molar-refractivity contribution is 5.88. The second kappa shape index (κ2) is 4.37. The third-order valence-electron chi connectivity index (χ3n) is 4.00. The quantitative estimate of drug-likeness (QED) is 0.819. The van der Waals surface area contributed by atoms with Crippen LogP contribution < -0.4 is 0 Å². The van der Waals surface area contributed by atoms with Crippen molar-refractivity contribution in [1.29, 1.82) is 0 Å². The molecular weight excluding hydrogens is 275 g/mol. The van der Waals surface area contributed by atoms with Crippen LogP contribution in [0, 0.1) is 0 Å². The smallest absolute Gasteiger partial charge is 0.260 e. The minimum Gasteiger partial charge on any atom is -0.331 e. The first-order chi connectivity index (χ1) is 10.1. The van der Waals surface area contributed by atoms with Crippen LogP contribution in [-0.2, 0) is 24.4 Å². The molecule has 2 aliphatic rings. The van der Waals surface area contributed by atoms with Crippen LogP contribution in [0.15, 0.2) is 18.9 Å². The number of carbonyl (C=O) groups excluding carboxylic acids is 1. The molecule has 0 aromatic carbocycles. The van der Waals surface area contributed by atoms with E-state index < -0.39 is 5.67 Å². The van der Waals surface area contributed by atoms with Gasteiger partial charge in [0.25, 0.3) is 5.91 Å². The minimum absolute atomic E-state index is 0.355. The molecule has 0 spiro atoms. The van der Waals surface area contributed by atoms with Crippen molar-refractivity contribution in [3.05, 3.63) is 30.4 Å². The van der Waals surface area contributed by atoms with Crippen LogP contribution in [0.1, 0.15) is 24.4 Å². The van der Waals surface area contributed by atoms with Crippen LogP contribution in [0.4, 0.5) is 4.39 Å². The molecule has 0 radical (unpaired) electrons. The standard InChI is InChI=1S/C13H15FN6O/c14-13(1-2-13)12(21)19-4-3-18-5-10(17-11(18)7-19)6-20-9-15-8-16-20/h5,8-9H,1-4,6-7H2. The molecule has 1 fully saturated rings. The lowest BCUT2D eigenvalue weighted by Crippen LogP contribution is -2.43. The van der Waals surface area contributed by atoms with Crippen LogP contribution in [-0.4, -0.2) is 47.3 Å². The van der Waals surface area contributed by atoms with Gasteiger partial charge in [-0.15, -0.1) is 0 Å². The van der Waals surface area contributed by atoms with Crippen LogP contribution in [0.5, 0.6) is 0 Å². The van der Waals surface area contributed by atoms with Gasteiger partial charge in [-0.05, 0) is 12.8 Å². The molecule has 1 aliphatic heterocycles. The summed E-state index contributed by atoms with van der Waals surface area (Å²) in [7, 11) is 0. The van der Waals surface area contributed by atoms with Gasteiger partial charge in [0.2, 0.25) is 0 Å². The lowest BCUT2D eigenvalue weighted by atomic mass is 10.2. The zero-order chi connectivity index (χ0) is 14.4. The molecule has 0 atom stereocenters. The monoisotopic (exact) mass is 290 g/mol. The maximum Gasteiger partial charge on any atom is 0.260 e. The molecule has 3 heterocycles. The van der Waals surface area contributed by atoms with Crippen molar-refractivity contribution >= 4 is 5.91 Å². The van der Waals surface area contributed by atoms with Gasteiger partial charge in [-0.25, -0.2) is 19.0 Å². The van der Waals surface area contributed by atoms with Gasteiger partial charge in [-0.2, -0.15) is 5.10 Å². The summed E-state index contributed by atoms with van der Waals surface area (Å²) in [4.78, 5) is 22.0. The van der Waals surface area contributed by atoms with Crippen molar-refractivity contribution in [2.24, 2.45) is 0 Å².